The maximum atomic E-state index is 13.2. The van der Waals surface area contributed by atoms with E-state index in [1.807, 2.05) is 66.7 Å². The maximum Gasteiger partial charge on any atom is 0.229 e. The quantitative estimate of drug-likeness (QED) is 0.442. The first-order chi connectivity index (χ1) is 14.2. The third-order valence-corrected chi connectivity index (χ3v) is 5.67. The Labute approximate surface area is 173 Å². The van der Waals surface area contributed by atoms with Crippen molar-refractivity contribution in [2.45, 2.75) is 19.4 Å². The van der Waals surface area contributed by atoms with Crippen molar-refractivity contribution in [2.24, 2.45) is 0 Å². The highest BCUT2D eigenvalue weighted by Gasteiger charge is 2.21. The zero-order chi connectivity index (χ0) is 20.1. The molecule has 2 aromatic carbocycles. The number of fused-ring (bicyclic) bond motifs is 1. The van der Waals surface area contributed by atoms with Crippen molar-refractivity contribution >= 4 is 32.6 Å². The highest BCUT2D eigenvalue weighted by Crippen LogP contribution is 2.32. The first kappa shape index (κ1) is 19.1. The summed E-state index contributed by atoms with van der Waals surface area (Å²) in [5.41, 5.74) is 2.83. The molecule has 0 fully saturated rings. The molecule has 0 saturated carbocycles. The van der Waals surface area contributed by atoms with Crippen molar-refractivity contribution in [3.05, 3.63) is 84.2 Å². The van der Waals surface area contributed by atoms with E-state index in [0.717, 1.165) is 27.2 Å². The molecule has 0 N–H and O–H groups in total. The fraction of sp³-hybridized carbons (Fsp3) is 0.174. The fourth-order valence-corrected chi connectivity index (χ4v) is 4.09. The molecule has 29 heavy (non-hydrogen) atoms. The Morgan fingerprint density at radius 3 is 2.66 bits per heavy atom. The zero-order valence-corrected chi connectivity index (χ0v) is 16.9. The summed E-state index contributed by atoms with van der Waals surface area (Å²) in [6.45, 7) is 0.394. The fourth-order valence-electron chi connectivity index (χ4n) is 3.08. The smallest absolute Gasteiger partial charge is 0.229 e. The molecular weight excluding hydrogens is 382 g/mol. The van der Waals surface area contributed by atoms with E-state index in [4.69, 9.17) is 9.72 Å². The molecule has 0 aliphatic rings. The molecule has 0 saturated heterocycles. The van der Waals surface area contributed by atoms with Gasteiger partial charge in [0.15, 0.2) is 5.13 Å². The molecule has 0 aliphatic heterocycles. The van der Waals surface area contributed by atoms with Gasteiger partial charge in [0.2, 0.25) is 5.91 Å². The minimum absolute atomic E-state index is 0.0329. The molecule has 2 aromatic heterocycles. The number of ether oxygens (including phenoxy) is 1. The maximum absolute atomic E-state index is 13.2. The molecule has 5 nitrogen and oxygen atoms in total. The number of aryl methyl sites for hydroxylation is 1. The van der Waals surface area contributed by atoms with Crippen LogP contribution in [0.2, 0.25) is 0 Å². The van der Waals surface area contributed by atoms with E-state index in [1.54, 1.807) is 18.2 Å². The number of pyridine rings is 1. The number of aromatic nitrogens is 2. The van der Waals surface area contributed by atoms with Crippen molar-refractivity contribution in [1.29, 1.82) is 0 Å². The Morgan fingerprint density at radius 2 is 1.90 bits per heavy atom. The van der Waals surface area contributed by atoms with E-state index in [-0.39, 0.29) is 5.91 Å². The van der Waals surface area contributed by atoms with Crippen LogP contribution in [-0.4, -0.2) is 23.0 Å². The predicted molar refractivity (Wildman–Crippen MR) is 116 cm³/mol. The Hall–Kier alpha value is -3.25. The van der Waals surface area contributed by atoms with Crippen molar-refractivity contribution in [2.75, 3.05) is 12.0 Å². The summed E-state index contributed by atoms with van der Waals surface area (Å²) >= 11 is 1.49. The second kappa shape index (κ2) is 8.84. The van der Waals surface area contributed by atoms with Crippen LogP contribution in [-0.2, 0) is 17.8 Å². The van der Waals surface area contributed by atoms with Crippen LogP contribution in [0.4, 0.5) is 5.13 Å². The Morgan fingerprint density at radius 1 is 1.07 bits per heavy atom. The van der Waals surface area contributed by atoms with Gasteiger partial charge in [-0.05, 0) is 42.3 Å². The van der Waals surface area contributed by atoms with Crippen LogP contribution in [0.5, 0.6) is 5.75 Å². The molecule has 146 valence electrons. The summed E-state index contributed by atoms with van der Waals surface area (Å²) in [4.78, 5) is 24.0. The summed E-state index contributed by atoms with van der Waals surface area (Å²) in [6.07, 6.45) is 2.85. The van der Waals surface area contributed by atoms with Gasteiger partial charge < -0.3 is 4.74 Å². The second-order valence-corrected chi connectivity index (χ2v) is 7.63. The molecule has 1 amide bonds. The minimum atomic E-state index is 0.0329. The van der Waals surface area contributed by atoms with Gasteiger partial charge in [-0.25, -0.2) is 4.98 Å². The molecule has 0 aliphatic carbocycles. The average molecular weight is 404 g/mol. The third-order valence-electron chi connectivity index (χ3n) is 4.63. The van der Waals surface area contributed by atoms with Gasteiger partial charge in [0.25, 0.3) is 0 Å². The van der Waals surface area contributed by atoms with Gasteiger partial charge in [0.1, 0.15) is 5.75 Å². The van der Waals surface area contributed by atoms with Gasteiger partial charge in [-0.15, -0.1) is 0 Å². The lowest BCUT2D eigenvalue weighted by Gasteiger charge is -2.19. The molecular formula is C23H21N3O2S. The monoisotopic (exact) mass is 403 g/mol. The van der Waals surface area contributed by atoms with Gasteiger partial charge in [-0.3, -0.25) is 14.7 Å². The lowest BCUT2D eigenvalue weighted by Crippen LogP contribution is -2.30. The van der Waals surface area contributed by atoms with Crippen LogP contribution < -0.4 is 9.64 Å². The van der Waals surface area contributed by atoms with Crippen LogP contribution >= 0.6 is 11.3 Å². The van der Waals surface area contributed by atoms with Crippen molar-refractivity contribution in [1.82, 2.24) is 9.97 Å². The molecule has 0 atom stereocenters. The van der Waals surface area contributed by atoms with E-state index in [2.05, 4.69) is 4.98 Å². The van der Waals surface area contributed by atoms with Crippen molar-refractivity contribution in [3.63, 3.8) is 0 Å². The lowest BCUT2D eigenvalue weighted by atomic mass is 10.1. The highest BCUT2D eigenvalue weighted by molar-refractivity contribution is 7.22. The summed E-state index contributed by atoms with van der Waals surface area (Å²) in [5, 5.41) is 0.678. The normalized spacial score (nSPS) is 10.8. The number of nitrogens with zero attached hydrogens (tertiary/aromatic N) is 3. The van der Waals surface area contributed by atoms with Crippen LogP contribution in [0.1, 0.15) is 17.7 Å². The number of amides is 1. The molecule has 4 rings (SSSR count). The van der Waals surface area contributed by atoms with Gasteiger partial charge >= 0.3 is 0 Å². The molecule has 0 unspecified atom stereocenters. The Balaban J connectivity index is 1.61. The van der Waals surface area contributed by atoms with E-state index in [0.29, 0.717) is 24.5 Å². The van der Waals surface area contributed by atoms with Gasteiger partial charge in [-0.1, -0.05) is 47.7 Å². The molecule has 2 heterocycles. The number of rotatable bonds is 7. The minimum Gasteiger partial charge on any atom is -0.497 e. The first-order valence-corrected chi connectivity index (χ1v) is 10.2. The number of thiazole rings is 1. The summed E-state index contributed by atoms with van der Waals surface area (Å²) in [5.74, 6) is 0.810. The van der Waals surface area contributed by atoms with Crippen LogP contribution in [0.3, 0.4) is 0 Å². The van der Waals surface area contributed by atoms with Gasteiger partial charge in [0.05, 0.1) is 29.6 Å². The van der Waals surface area contributed by atoms with E-state index < -0.39 is 0 Å². The number of methoxy groups -OCH3 is 1. The molecule has 0 radical (unpaired) electrons. The van der Waals surface area contributed by atoms with E-state index in [1.165, 1.54) is 11.3 Å². The average Bonchev–Trinajstić information content (AvgIpc) is 3.20. The molecule has 0 spiro atoms. The Kier molecular flexibility index (Phi) is 5.81. The number of hydrogen-bond donors (Lipinski definition) is 0. The first-order valence-electron chi connectivity index (χ1n) is 9.42. The number of hydrogen-bond acceptors (Lipinski definition) is 5. The highest BCUT2D eigenvalue weighted by atomic mass is 32.1. The number of anilines is 1. The number of benzene rings is 2. The summed E-state index contributed by atoms with van der Waals surface area (Å²) in [6, 6.07) is 21.5. The SMILES string of the molecule is COc1ccc2nc(N(Cc3ccccn3)C(=O)CCc3ccccc3)sc2c1. The summed E-state index contributed by atoms with van der Waals surface area (Å²) in [7, 11) is 1.64. The molecule has 6 heteroatoms. The van der Waals surface area contributed by atoms with Crippen LogP contribution in [0.15, 0.2) is 72.9 Å². The second-order valence-electron chi connectivity index (χ2n) is 6.62. The van der Waals surface area contributed by atoms with E-state index >= 15 is 0 Å². The predicted octanol–water partition coefficient (Wildman–Crippen LogP) is 4.87. The van der Waals surface area contributed by atoms with Crippen molar-refractivity contribution in [3.8, 4) is 5.75 Å². The van der Waals surface area contributed by atoms with E-state index in [9.17, 15) is 4.79 Å². The summed E-state index contributed by atoms with van der Waals surface area (Å²) < 4.78 is 6.30. The van der Waals surface area contributed by atoms with Crippen LogP contribution in [0, 0.1) is 0 Å². The standard InChI is InChI=1S/C23H21N3O2S/c1-28-19-11-12-20-21(15-19)29-23(25-20)26(16-18-9-5-6-14-24-18)22(27)13-10-17-7-3-2-4-8-17/h2-9,11-12,14-15H,10,13,16H2,1H3. The van der Waals surface area contributed by atoms with Gasteiger partial charge in [-0.2, -0.15) is 0 Å². The van der Waals surface area contributed by atoms with Crippen LogP contribution in [0.25, 0.3) is 10.2 Å². The van der Waals surface area contributed by atoms with Crippen molar-refractivity contribution < 1.29 is 9.53 Å². The largest absolute Gasteiger partial charge is 0.497 e. The number of carbonyl (C=O) groups is 1. The lowest BCUT2D eigenvalue weighted by molar-refractivity contribution is -0.118. The number of carbonyl (C=O) groups excluding carboxylic acids is 1. The van der Waals surface area contributed by atoms with Gasteiger partial charge in [0, 0.05) is 12.6 Å². The topological polar surface area (TPSA) is 55.3 Å². The Bertz CT molecular complexity index is 1100. The zero-order valence-electron chi connectivity index (χ0n) is 16.1. The third kappa shape index (κ3) is 4.60. The molecule has 4 aromatic rings. The molecule has 0 bridgehead atoms.